The molecule has 2 nitrogen and oxygen atoms in total. The molecule has 0 unspecified atom stereocenters. The lowest BCUT2D eigenvalue weighted by molar-refractivity contribution is 0.311. The topological polar surface area (TPSA) is 29.3 Å². The molecule has 1 heterocycles. The summed E-state index contributed by atoms with van der Waals surface area (Å²) in [5, 5.41) is 0. The molecule has 1 aromatic carbocycles. The van der Waals surface area contributed by atoms with Crippen LogP contribution in [0.2, 0.25) is 0 Å². The minimum atomic E-state index is -0.265. The molecule has 0 aliphatic carbocycles. The van der Waals surface area contributed by atoms with E-state index in [9.17, 15) is 4.39 Å². The number of halogens is 1. The monoisotopic (exact) mass is 264 g/mol. The number of piperidine rings is 1. The SMILES string of the molecule is CC(C)C1CCN(c2cccc(F)c2[C@@H](C)N)CC1. The van der Waals surface area contributed by atoms with Gasteiger partial charge in [0.2, 0.25) is 0 Å². The molecule has 0 spiro atoms. The molecule has 2 rings (SSSR count). The first-order chi connectivity index (χ1) is 9.00. The first kappa shape index (κ1) is 14.3. The zero-order valence-electron chi connectivity index (χ0n) is 12.2. The average Bonchev–Trinajstić information content (AvgIpc) is 2.38. The van der Waals surface area contributed by atoms with Gasteiger partial charge in [0, 0.05) is 30.4 Å². The van der Waals surface area contributed by atoms with Crippen LogP contribution in [0.5, 0.6) is 0 Å². The molecule has 106 valence electrons. The van der Waals surface area contributed by atoms with Gasteiger partial charge in [-0.15, -0.1) is 0 Å². The predicted octanol–water partition coefficient (Wildman–Crippen LogP) is 3.72. The maximum atomic E-state index is 14.0. The molecule has 3 heteroatoms. The van der Waals surface area contributed by atoms with Crippen molar-refractivity contribution in [3.8, 4) is 0 Å². The summed E-state index contributed by atoms with van der Waals surface area (Å²) in [6.07, 6.45) is 2.37. The van der Waals surface area contributed by atoms with Crippen LogP contribution in [0.15, 0.2) is 18.2 Å². The fourth-order valence-electron chi connectivity index (χ4n) is 3.06. The van der Waals surface area contributed by atoms with Gasteiger partial charge in [-0.25, -0.2) is 4.39 Å². The fraction of sp³-hybridized carbons (Fsp3) is 0.625. The zero-order valence-corrected chi connectivity index (χ0v) is 12.2. The highest BCUT2D eigenvalue weighted by molar-refractivity contribution is 5.55. The summed E-state index contributed by atoms with van der Waals surface area (Å²) in [7, 11) is 0. The fourth-order valence-corrected chi connectivity index (χ4v) is 3.06. The summed E-state index contributed by atoms with van der Waals surface area (Å²) in [5.74, 6) is 1.35. The Bertz CT molecular complexity index is 421. The summed E-state index contributed by atoms with van der Waals surface area (Å²) in [4.78, 5) is 2.29. The summed E-state index contributed by atoms with van der Waals surface area (Å²) in [5.41, 5.74) is 7.57. The van der Waals surface area contributed by atoms with E-state index < -0.39 is 0 Å². The molecule has 1 aliphatic rings. The van der Waals surface area contributed by atoms with E-state index in [0.717, 1.165) is 30.6 Å². The second-order valence-corrected chi connectivity index (χ2v) is 6.03. The lowest BCUT2D eigenvalue weighted by Crippen LogP contribution is -2.36. The largest absolute Gasteiger partial charge is 0.371 e. The lowest BCUT2D eigenvalue weighted by Gasteiger charge is -2.36. The first-order valence-electron chi connectivity index (χ1n) is 7.29. The Hall–Kier alpha value is -1.09. The van der Waals surface area contributed by atoms with Crippen LogP contribution in [-0.4, -0.2) is 13.1 Å². The standard InChI is InChI=1S/C16H25FN2/c1-11(2)13-7-9-19(10-8-13)15-6-4-5-14(17)16(15)12(3)18/h4-6,11-13H,7-10,18H2,1-3H3/t12-/m1/s1. The Kier molecular flexibility index (Phi) is 4.46. The van der Waals surface area contributed by atoms with E-state index in [0.29, 0.717) is 5.56 Å². The minimum absolute atomic E-state index is 0.182. The van der Waals surface area contributed by atoms with Crippen molar-refractivity contribution in [1.82, 2.24) is 0 Å². The van der Waals surface area contributed by atoms with Crippen LogP contribution in [0.25, 0.3) is 0 Å². The maximum Gasteiger partial charge on any atom is 0.130 e. The quantitative estimate of drug-likeness (QED) is 0.901. The molecule has 19 heavy (non-hydrogen) atoms. The van der Waals surface area contributed by atoms with Crippen molar-refractivity contribution >= 4 is 5.69 Å². The Labute approximate surface area is 115 Å². The van der Waals surface area contributed by atoms with Gasteiger partial charge in [-0.3, -0.25) is 0 Å². The van der Waals surface area contributed by atoms with Crippen molar-refractivity contribution in [2.75, 3.05) is 18.0 Å². The molecule has 1 aliphatic heterocycles. The van der Waals surface area contributed by atoms with Gasteiger partial charge >= 0.3 is 0 Å². The highest BCUT2D eigenvalue weighted by Gasteiger charge is 2.24. The second-order valence-electron chi connectivity index (χ2n) is 6.03. The van der Waals surface area contributed by atoms with E-state index in [2.05, 4.69) is 18.7 Å². The maximum absolute atomic E-state index is 14.0. The third-order valence-corrected chi connectivity index (χ3v) is 4.31. The summed E-state index contributed by atoms with van der Waals surface area (Å²) >= 11 is 0. The van der Waals surface area contributed by atoms with E-state index in [1.165, 1.54) is 18.9 Å². The van der Waals surface area contributed by atoms with Crippen molar-refractivity contribution in [1.29, 1.82) is 0 Å². The lowest BCUT2D eigenvalue weighted by atomic mass is 9.86. The summed E-state index contributed by atoms with van der Waals surface area (Å²) in [6.45, 7) is 8.44. The molecule has 1 saturated heterocycles. The number of benzene rings is 1. The molecular weight excluding hydrogens is 239 g/mol. The van der Waals surface area contributed by atoms with E-state index in [1.54, 1.807) is 6.07 Å². The second kappa shape index (κ2) is 5.91. The molecule has 1 fully saturated rings. The van der Waals surface area contributed by atoms with E-state index in [4.69, 9.17) is 5.73 Å². The third kappa shape index (κ3) is 3.08. The molecule has 1 aromatic rings. The van der Waals surface area contributed by atoms with Crippen molar-refractivity contribution in [2.45, 2.75) is 39.7 Å². The third-order valence-electron chi connectivity index (χ3n) is 4.31. The van der Waals surface area contributed by atoms with Crippen molar-refractivity contribution in [2.24, 2.45) is 17.6 Å². The number of hydrogen-bond acceptors (Lipinski definition) is 2. The number of nitrogens with zero attached hydrogens (tertiary/aromatic N) is 1. The van der Waals surface area contributed by atoms with Gasteiger partial charge in [-0.2, -0.15) is 0 Å². The Morgan fingerprint density at radius 3 is 2.37 bits per heavy atom. The highest BCUT2D eigenvalue weighted by Crippen LogP contribution is 2.32. The average molecular weight is 264 g/mol. The van der Waals surface area contributed by atoms with Crippen LogP contribution in [0.3, 0.4) is 0 Å². The van der Waals surface area contributed by atoms with Gasteiger partial charge in [-0.1, -0.05) is 19.9 Å². The van der Waals surface area contributed by atoms with E-state index >= 15 is 0 Å². The minimum Gasteiger partial charge on any atom is -0.371 e. The highest BCUT2D eigenvalue weighted by atomic mass is 19.1. The van der Waals surface area contributed by atoms with Gasteiger partial charge < -0.3 is 10.6 Å². The van der Waals surface area contributed by atoms with Gasteiger partial charge in [0.25, 0.3) is 0 Å². The molecule has 0 radical (unpaired) electrons. The Balaban J connectivity index is 2.18. The summed E-state index contributed by atoms with van der Waals surface area (Å²) in [6, 6.07) is 5.02. The van der Waals surface area contributed by atoms with Crippen LogP contribution in [-0.2, 0) is 0 Å². The van der Waals surface area contributed by atoms with Crippen LogP contribution in [0, 0.1) is 17.7 Å². The molecule has 1 atom stereocenters. The van der Waals surface area contributed by atoms with E-state index in [1.807, 2.05) is 13.0 Å². The normalized spacial score (nSPS) is 18.9. The Morgan fingerprint density at radius 1 is 1.21 bits per heavy atom. The van der Waals surface area contributed by atoms with Gasteiger partial charge in [-0.05, 0) is 43.7 Å². The number of rotatable bonds is 3. The van der Waals surface area contributed by atoms with Gasteiger partial charge in [0.05, 0.1) is 0 Å². The molecule has 0 bridgehead atoms. The Morgan fingerprint density at radius 2 is 1.84 bits per heavy atom. The van der Waals surface area contributed by atoms with Crippen LogP contribution >= 0.6 is 0 Å². The van der Waals surface area contributed by atoms with Crippen LogP contribution < -0.4 is 10.6 Å². The number of hydrogen-bond donors (Lipinski definition) is 1. The first-order valence-corrected chi connectivity index (χ1v) is 7.29. The predicted molar refractivity (Wildman–Crippen MR) is 78.8 cm³/mol. The van der Waals surface area contributed by atoms with Crippen molar-refractivity contribution in [3.05, 3.63) is 29.6 Å². The smallest absolute Gasteiger partial charge is 0.130 e. The van der Waals surface area contributed by atoms with Crippen molar-refractivity contribution in [3.63, 3.8) is 0 Å². The van der Waals surface area contributed by atoms with E-state index in [-0.39, 0.29) is 11.9 Å². The molecule has 0 amide bonds. The molecule has 0 aromatic heterocycles. The summed E-state index contributed by atoms with van der Waals surface area (Å²) < 4.78 is 14.0. The number of anilines is 1. The van der Waals surface area contributed by atoms with Crippen LogP contribution in [0.1, 0.15) is 45.2 Å². The van der Waals surface area contributed by atoms with Gasteiger partial charge in [0.15, 0.2) is 0 Å². The van der Waals surface area contributed by atoms with Gasteiger partial charge in [0.1, 0.15) is 5.82 Å². The van der Waals surface area contributed by atoms with Crippen LogP contribution in [0.4, 0.5) is 10.1 Å². The zero-order chi connectivity index (χ0) is 14.0. The molecular formula is C16H25FN2. The van der Waals surface area contributed by atoms with Crippen molar-refractivity contribution < 1.29 is 4.39 Å². The molecule has 2 N–H and O–H groups in total. The molecule has 0 saturated carbocycles. The number of nitrogens with two attached hydrogens (primary N) is 1.